The van der Waals surface area contributed by atoms with Crippen molar-refractivity contribution in [3.8, 4) is 5.75 Å². The van der Waals surface area contributed by atoms with Crippen LogP contribution in [-0.4, -0.2) is 22.4 Å². The monoisotopic (exact) mass is 245 g/mol. The van der Waals surface area contributed by atoms with E-state index in [9.17, 15) is 4.79 Å². The van der Waals surface area contributed by atoms with Crippen molar-refractivity contribution in [2.75, 3.05) is 0 Å². The van der Waals surface area contributed by atoms with Crippen LogP contribution in [0, 0.1) is 5.92 Å². The summed E-state index contributed by atoms with van der Waals surface area (Å²) in [6, 6.07) is 8.03. The molecule has 3 heteroatoms. The van der Waals surface area contributed by atoms with Crippen molar-refractivity contribution in [2.45, 2.75) is 45.4 Å². The summed E-state index contributed by atoms with van der Waals surface area (Å²) in [6.07, 6.45) is 0.948. The molecule has 1 amide bonds. The third-order valence-corrected chi connectivity index (χ3v) is 3.70. The summed E-state index contributed by atoms with van der Waals surface area (Å²) in [5, 5.41) is 0. The first-order chi connectivity index (χ1) is 8.47. The van der Waals surface area contributed by atoms with E-state index in [-0.39, 0.29) is 23.5 Å². The van der Waals surface area contributed by atoms with Gasteiger partial charge in [-0.2, -0.15) is 0 Å². The molecule has 1 saturated carbocycles. The van der Waals surface area contributed by atoms with Crippen LogP contribution in [0.1, 0.15) is 32.8 Å². The van der Waals surface area contributed by atoms with E-state index >= 15 is 0 Å². The van der Waals surface area contributed by atoms with E-state index in [1.807, 2.05) is 29.2 Å². The lowest BCUT2D eigenvalue weighted by Crippen LogP contribution is -2.47. The van der Waals surface area contributed by atoms with Crippen molar-refractivity contribution < 1.29 is 9.53 Å². The molecule has 0 bridgehead atoms. The van der Waals surface area contributed by atoms with E-state index in [1.54, 1.807) is 0 Å². The summed E-state index contributed by atoms with van der Waals surface area (Å²) in [5.74, 6) is 1.24. The maximum atomic E-state index is 12.4. The lowest BCUT2D eigenvalue weighted by molar-refractivity contribution is -0.139. The Hall–Kier alpha value is -1.51. The van der Waals surface area contributed by atoms with Crippen LogP contribution in [0.15, 0.2) is 24.3 Å². The Morgan fingerprint density at radius 1 is 1.28 bits per heavy atom. The smallest absolute Gasteiger partial charge is 0.230 e. The van der Waals surface area contributed by atoms with E-state index < -0.39 is 0 Å². The number of para-hydroxylation sites is 1. The van der Waals surface area contributed by atoms with E-state index in [4.69, 9.17) is 4.74 Å². The number of nitrogens with zero attached hydrogens (tertiary/aromatic N) is 1. The molecule has 96 valence electrons. The number of carbonyl (C=O) groups is 1. The molecule has 2 aliphatic rings. The molecule has 18 heavy (non-hydrogen) atoms. The minimum absolute atomic E-state index is 0.0672. The quantitative estimate of drug-likeness (QED) is 0.703. The second-order valence-corrected chi connectivity index (χ2v) is 6.20. The summed E-state index contributed by atoms with van der Waals surface area (Å²) < 4.78 is 5.89. The Balaban J connectivity index is 2.01. The Morgan fingerprint density at radius 3 is 2.72 bits per heavy atom. The Bertz CT molecular complexity index is 490. The minimum atomic E-state index is -0.144. The molecule has 3 rings (SSSR count). The predicted molar refractivity (Wildman–Crippen MR) is 69.3 cm³/mol. The number of hydrogen-bond acceptors (Lipinski definition) is 2. The average Bonchev–Trinajstić information content (AvgIpc) is 3.02. The van der Waals surface area contributed by atoms with Gasteiger partial charge in [0.2, 0.25) is 5.91 Å². The van der Waals surface area contributed by atoms with E-state index in [0.29, 0.717) is 6.54 Å². The maximum absolute atomic E-state index is 12.4. The van der Waals surface area contributed by atoms with Crippen LogP contribution in [0.5, 0.6) is 5.75 Å². The van der Waals surface area contributed by atoms with Crippen LogP contribution in [0.2, 0.25) is 0 Å². The first-order valence-corrected chi connectivity index (χ1v) is 6.53. The number of ether oxygens (including phenoxy) is 1. The number of fused-ring (bicyclic) bond motifs is 2. The van der Waals surface area contributed by atoms with Gasteiger partial charge in [-0.1, -0.05) is 18.2 Å². The van der Waals surface area contributed by atoms with Crippen LogP contribution >= 0.6 is 0 Å². The molecule has 3 nitrogen and oxygen atoms in total. The maximum Gasteiger partial charge on any atom is 0.230 e. The fourth-order valence-corrected chi connectivity index (χ4v) is 2.49. The van der Waals surface area contributed by atoms with Gasteiger partial charge in [0.05, 0.1) is 5.92 Å². The number of rotatable bonds is 0. The highest BCUT2D eigenvalue weighted by Crippen LogP contribution is 2.41. The molecule has 1 aromatic carbocycles. The first-order valence-electron chi connectivity index (χ1n) is 6.53. The Kier molecular flexibility index (Phi) is 2.40. The van der Waals surface area contributed by atoms with E-state index in [0.717, 1.165) is 17.7 Å². The summed E-state index contributed by atoms with van der Waals surface area (Å²) in [7, 11) is 0. The highest BCUT2D eigenvalue weighted by atomic mass is 16.5. The van der Waals surface area contributed by atoms with Crippen molar-refractivity contribution in [1.82, 2.24) is 4.90 Å². The molecular weight excluding hydrogens is 226 g/mol. The fourth-order valence-electron chi connectivity index (χ4n) is 2.49. The third-order valence-electron chi connectivity index (χ3n) is 3.70. The number of hydrogen-bond donors (Lipinski definition) is 0. The van der Waals surface area contributed by atoms with Crippen molar-refractivity contribution in [1.29, 1.82) is 0 Å². The van der Waals surface area contributed by atoms with Gasteiger partial charge in [-0.25, -0.2) is 0 Å². The topological polar surface area (TPSA) is 29.5 Å². The van der Waals surface area contributed by atoms with Crippen molar-refractivity contribution >= 4 is 5.91 Å². The van der Waals surface area contributed by atoms with Gasteiger partial charge in [-0.3, -0.25) is 4.79 Å². The molecule has 0 unspecified atom stereocenters. The standard InChI is InChI=1S/C15H19NO2/c1-15(2,3)16-9-10-6-4-5-7-12(10)18-13-8-11(13)14(16)17/h4-7,11,13H,8-9H2,1-3H3/t11-,13+/m0/s1. The average molecular weight is 245 g/mol. The van der Waals surface area contributed by atoms with Gasteiger partial charge in [-0.15, -0.1) is 0 Å². The molecule has 1 aliphatic carbocycles. The predicted octanol–water partition coefficient (Wildman–Crippen LogP) is 2.59. The van der Waals surface area contributed by atoms with Gasteiger partial charge in [-0.05, 0) is 26.8 Å². The molecule has 1 aliphatic heterocycles. The molecule has 1 fully saturated rings. The Labute approximate surface area is 108 Å². The van der Waals surface area contributed by atoms with Crippen LogP contribution in [0.3, 0.4) is 0 Å². The summed E-state index contributed by atoms with van der Waals surface area (Å²) in [6.45, 7) is 6.91. The lowest BCUT2D eigenvalue weighted by Gasteiger charge is -2.37. The van der Waals surface area contributed by atoms with Crippen LogP contribution in [0.4, 0.5) is 0 Å². The minimum Gasteiger partial charge on any atom is -0.489 e. The molecular formula is C15H19NO2. The second kappa shape index (κ2) is 3.74. The third kappa shape index (κ3) is 1.88. The highest BCUT2D eigenvalue weighted by Gasteiger charge is 2.50. The van der Waals surface area contributed by atoms with Gasteiger partial charge in [0, 0.05) is 24.1 Å². The summed E-state index contributed by atoms with van der Waals surface area (Å²) in [5.41, 5.74) is 0.959. The number of carbonyl (C=O) groups excluding carboxylic acids is 1. The van der Waals surface area contributed by atoms with Crippen LogP contribution in [-0.2, 0) is 11.3 Å². The molecule has 1 heterocycles. The highest BCUT2D eigenvalue weighted by molar-refractivity contribution is 5.83. The van der Waals surface area contributed by atoms with E-state index in [1.165, 1.54) is 0 Å². The van der Waals surface area contributed by atoms with Gasteiger partial charge >= 0.3 is 0 Å². The zero-order chi connectivity index (χ0) is 12.9. The molecule has 1 aromatic rings. The normalized spacial score (nSPS) is 26.6. The zero-order valence-corrected chi connectivity index (χ0v) is 11.1. The second-order valence-electron chi connectivity index (χ2n) is 6.20. The largest absolute Gasteiger partial charge is 0.489 e. The van der Waals surface area contributed by atoms with Crippen LogP contribution < -0.4 is 4.74 Å². The van der Waals surface area contributed by atoms with Gasteiger partial charge in [0.1, 0.15) is 11.9 Å². The molecule has 0 spiro atoms. The zero-order valence-electron chi connectivity index (χ0n) is 11.1. The van der Waals surface area contributed by atoms with Gasteiger partial charge in [0.25, 0.3) is 0 Å². The molecule has 0 N–H and O–H groups in total. The van der Waals surface area contributed by atoms with Crippen molar-refractivity contribution in [3.63, 3.8) is 0 Å². The SMILES string of the molecule is CC(C)(C)N1Cc2ccccc2O[C@@H]2C[C@@H]2C1=O. The number of amides is 1. The molecule has 0 aromatic heterocycles. The Morgan fingerprint density at radius 2 is 2.00 bits per heavy atom. The van der Waals surface area contributed by atoms with Gasteiger partial charge < -0.3 is 9.64 Å². The molecule has 0 saturated heterocycles. The van der Waals surface area contributed by atoms with Crippen molar-refractivity contribution in [3.05, 3.63) is 29.8 Å². The summed E-state index contributed by atoms with van der Waals surface area (Å²) >= 11 is 0. The molecule has 0 radical (unpaired) electrons. The molecule has 2 atom stereocenters. The van der Waals surface area contributed by atoms with E-state index in [2.05, 4.69) is 20.8 Å². The number of benzene rings is 1. The first kappa shape index (κ1) is 11.6. The fraction of sp³-hybridized carbons (Fsp3) is 0.533. The van der Waals surface area contributed by atoms with Crippen LogP contribution in [0.25, 0.3) is 0 Å². The van der Waals surface area contributed by atoms with Crippen molar-refractivity contribution in [2.24, 2.45) is 5.92 Å². The van der Waals surface area contributed by atoms with Gasteiger partial charge in [0.15, 0.2) is 0 Å². The summed E-state index contributed by atoms with van der Waals surface area (Å²) in [4.78, 5) is 14.4. The lowest BCUT2D eigenvalue weighted by atomic mass is 10.0.